The van der Waals surface area contributed by atoms with Crippen LogP contribution in [-0.4, -0.2) is 0 Å². The monoisotopic (exact) mass is 166 g/mol. The summed E-state index contributed by atoms with van der Waals surface area (Å²) < 4.78 is 0. The summed E-state index contributed by atoms with van der Waals surface area (Å²) in [5.41, 5.74) is 2.04. The Labute approximate surface area is 77.1 Å². The first-order valence-electron chi connectivity index (χ1n) is 5.08. The lowest BCUT2D eigenvalue weighted by atomic mass is 9.69. The lowest BCUT2D eigenvalue weighted by Gasteiger charge is -2.36. The fourth-order valence-electron chi connectivity index (χ4n) is 2.29. The molecule has 0 bridgehead atoms. The minimum Gasteiger partial charge on any atom is -0.0817 e. The van der Waals surface area contributed by atoms with Gasteiger partial charge in [-0.1, -0.05) is 39.3 Å². The predicted molar refractivity (Wildman–Crippen MR) is 55.1 cm³/mol. The second-order valence-electron chi connectivity index (χ2n) is 5.42. The van der Waals surface area contributed by atoms with Gasteiger partial charge in [0.15, 0.2) is 0 Å². The van der Waals surface area contributed by atoms with Crippen LogP contribution >= 0.6 is 0 Å². The first kappa shape index (κ1) is 9.83. The maximum absolute atomic E-state index is 2.49. The van der Waals surface area contributed by atoms with E-state index in [1.54, 1.807) is 5.57 Å². The molecule has 0 aromatic rings. The summed E-state index contributed by atoms with van der Waals surface area (Å²) in [5, 5.41) is 0. The van der Waals surface area contributed by atoms with E-state index in [-0.39, 0.29) is 0 Å². The SMILES string of the molecule is CC1=CC(C(C)(C)C)C(C)CC1. The van der Waals surface area contributed by atoms with Gasteiger partial charge in [0.1, 0.15) is 0 Å². The van der Waals surface area contributed by atoms with Gasteiger partial charge in [-0.2, -0.15) is 0 Å². The molecule has 0 saturated carbocycles. The topological polar surface area (TPSA) is 0 Å². The highest BCUT2D eigenvalue weighted by atomic mass is 14.3. The van der Waals surface area contributed by atoms with Crippen LogP contribution in [0.3, 0.4) is 0 Å². The summed E-state index contributed by atoms with van der Waals surface area (Å²) in [7, 11) is 0. The maximum Gasteiger partial charge on any atom is -0.0156 e. The van der Waals surface area contributed by atoms with Crippen molar-refractivity contribution in [3.8, 4) is 0 Å². The van der Waals surface area contributed by atoms with E-state index in [2.05, 4.69) is 40.7 Å². The van der Waals surface area contributed by atoms with Crippen LogP contribution in [0.2, 0.25) is 0 Å². The number of allylic oxidation sites excluding steroid dienone is 2. The smallest absolute Gasteiger partial charge is 0.0156 e. The van der Waals surface area contributed by atoms with Crippen LogP contribution in [0.5, 0.6) is 0 Å². The Bertz CT molecular complexity index is 181. The first-order chi connectivity index (χ1) is 5.41. The van der Waals surface area contributed by atoms with Crippen LogP contribution < -0.4 is 0 Å². The molecule has 0 saturated heterocycles. The Kier molecular flexibility index (Phi) is 2.65. The largest absolute Gasteiger partial charge is 0.0817 e. The van der Waals surface area contributed by atoms with Crippen molar-refractivity contribution in [2.24, 2.45) is 17.3 Å². The number of hydrogen-bond donors (Lipinski definition) is 0. The van der Waals surface area contributed by atoms with Crippen molar-refractivity contribution in [2.45, 2.75) is 47.5 Å². The Morgan fingerprint density at radius 1 is 1.33 bits per heavy atom. The van der Waals surface area contributed by atoms with Crippen LogP contribution in [0.4, 0.5) is 0 Å². The van der Waals surface area contributed by atoms with E-state index < -0.39 is 0 Å². The molecule has 0 heterocycles. The summed E-state index contributed by atoms with van der Waals surface area (Å²) in [6, 6.07) is 0. The Morgan fingerprint density at radius 2 is 1.92 bits per heavy atom. The van der Waals surface area contributed by atoms with Gasteiger partial charge in [0.25, 0.3) is 0 Å². The van der Waals surface area contributed by atoms with Crippen molar-refractivity contribution in [3.05, 3.63) is 11.6 Å². The molecule has 1 aliphatic carbocycles. The molecule has 0 N–H and O–H groups in total. The van der Waals surface area contributed by atoms with Crippen LogP contribution in [0.25, 0.3) is 0 Å². The van der Waals surface area contributed by atoms with Crippen LogP contribution in [0.1, 0.15) is 47.5 Å². The molecule has 0 nitrogen and oxygen atoms in total. The Hall–Kier alpha value is -0.260. The van der Waals surface area contributed by atoms with Gasteiger partial charge in [0.05, 0.1) is 0 Å². The van der Waals surface area contributed by atoms with Crippen LogP contribution in [-0.2, 0) is 0 Å². The Balaban J connectivity index is 2.80. The molecule has 0 aromatic carbocycles. The third-order valence-corrected chi connectivity index (χ3v) is 3.07. The molecule has 12 heavy (non-hydrogen) atoms. The molecule has 70 valence electrons. The van der Waals surface area contributed by atoms with E-state index in [0.717, 1.165) is 11.8 Å². The van der Waals surface area contributed by atoms with Crippen molar-refractivity contribution in [1.29, 1.82) is 0 Å². The van der Waals surface area contributed by atoms with E-state index in [4.69, 9.17) is 0 Å². The van der Waals surface area contributed by atoms with Gasteiger partial charge >= 0.3 is 0 Å². The standard InChI is InChI=1S/C12H22/c1-9-6-7-10(2)11(8-9)12(3,4)5/h8,10-11H,6-7H2,1-5H3. The highest BCUT2D eigenvalue weighted by Gasteiger charge is 2.29. The zero-order valence-corrected chi connectivity index (χ0v) is 9.15. The molecule has 1 aliphatic rings. The fraction of sp³-hybridized carbons (Fsp3) is 0.833. The molecule has 2 unspecified atom stereocenters. The minimum absolute atomic E-state index is 0.446. The van der Waals surface area contributed by atoms with Crippen LogP contribution in [0.15, 0.2) is 11.6 Å². The van der Waals surface area contributed by atoms with E-state index in [0.29, 0.717) is 5.41 Å². The molecule has 1 rings (SSSR count). The van der Waals surface area contributed by atoms with E-state index in [1.165, 1.54) is 12.8 Å². The quantitative estimate of drug-likeness (QED) is 0.477. The molecule has 0 aromatic heterocycles. The zero-order chi connectivity index (χ0) is 9.35. The van der Waals surface area contributed by atoms with Gasteiger partial charge in [-0.15, -0.1) is 0 Å². The van der Waals surface area contributed by atoms with Gasteiger partial charge in [-0.3, -0.25) is 0 Å². The van der Waals surface area contributed by atoms with E-state index >= 15 is 0 Å². The molecule has 0 fully saturated rings. The number of hydrogen-bond acceptors (Lipinski definition) is 0. The van der Waals surface area contributed by atoms with Gasteiger partial charge in [0, 0.05) is 0 Å². The number of rotatable bonds is 0. The van der Waals surface area contributed by atoms with Gasteiger partial charge in [0.2, 0.25) is 0 Å². The molecular weight excluding hydrogens is 144 g/mol. The van der Waals surface area contributed by atoms with E-state index in [9.17, 15) is 0 Å². The fourth-order valence-corrected chi connectivity index (χ4v) is 2.29. The van der Waals surface area contributed by atoms with E-state index in [1.807, 2.05) is 0 Å². The average Bonchev–Trinajstić information content (AvgIpc) is 1.92. The maximum atomic E-state index is 2.49. The second-order valence-corrected chi connectivity index (χ2v) is 5.42. The van der Waals surface area contributed by atoms with Crippen LogP contribution in [0, 0.1) is 17.3 Å². The van der Waals surface area contributed by atoms with Gasteiger partial charge in [-0.25, -0.2) is 0 Å². The lowest BCUT2D eigenvalue weighted by molar-refractivity contribution is 0.199. The summed E-state index contributed by atoms with van der Waals surface area (Å²) >= 11 is 0. The van der Waals surface area contributed by atoms with Crippen molar-refractivity contribution < 1.29 is 0 Å². The summed E-state index contributed by atoms with van der Waals surface area (Å²) in [5.74, 6) is 1.65. The molecule has 0 heteroatoms. The lowest BCUT2D eigenvalue weighted by Crippen LogP contribution is -2.27. The molecule has 0 spiro atoms. The summed E-state index contributed by atoms with van der Waals surface area (Å²) in [4.78, 5) is 0. The average molecular weight is 166 g/mol. The highest BCUT2D eigenvalue weighted by Crippen LogP contribution is 2.39. The molecular formula is C12H22. The molecule has 2 atom stereocenters. The third-order valence-electron chi connectivity index (χ3n) is 3.07. The third kappa shape index (κ3) is 2.12. The van der Waals surface area contributed by atoms with Crippen molar-refractivity contribution in [1.82, 2.24) is 0 Å². The summed E-state index contributed by atoms with van der Waals surface area (Å²) in [6.07, 6.45) is 5.19. The summed E-state index contributed by atoms with van der Waals surface area (Å²) in [6.45, 7) is 11.7. The van der Waals surface area contributed by atoms with Gasteiger partial charge < -0.3 is 0 Å². The molecule has 0 aliphatic heterocycles. The van der Waals surface area contributed by atoms with Gasteiger partial charge in [-0.05, 0) is 37.0 Å². The normalized spacial score (nSPS) is 31.6. The molecule has 0 amide bonds. The zero-order valence-electron chi connectivity index (χ0n) is 9.15. The Morgan fingerprint density at radius 3 is 2.33 bits per heavy atom. The van der Waals surface area contributed by atoms with Crippen molar-refractivity contribution >= 4 is 0 Å². The van der Waals surface area contributed by atoms with Crippen molar-refractivity contribution in [3.63, 3.8) is 0 Å². The molecule has 0 radical (unpaired) electrons. The van der Waals surface area contributed by atoms with Crippen molar-refractivity contribution in [2.75, 3.05) is 0 Å². The first-order valence-corrected chi connectivity index (χ1v) is 5.08. The second kappa shape index (κ2) is 3.24. The minimum atomic E-state index is 0.446. The predicted octanol–water partition coefficient (Wildman–Crippen LogP) is 4.02. The highest BCUT2D eigenvalue weighted by molar-refractivity contribution is 5.09.